The molecule has 0 aromatic rings. The van der Waals surface area contributed by atoms with Crippen LogP contribution in [0.25, 0.3) is 0 Å². The highest BCUT2D eigenvalue weighted by molar-refractivity contribution is 6.49. The first-order valence-electron chi connectivity index (χ1n) is 2.68. The molecule has 0 aromatic heterocycles. The number of carbonyl (C=O) groups is 1. The zero-order chi connectivity index (χ0) is 8.20. The fraction of sp³-hybridized carbons (Fsp3) is 0.800. The highest BCUT2D eigenvalue weighted by atomic mass is 35.5. The molecule has 0 aliphatic carbocycles. The van der Waals surface area contributed by atoms with Crippen molar-refractivity contribution in [2.24, 2.45) is 0 Å². The second kappa shape index (κ2) is 4.01. The van der Waals surface area contributed by atoms with Crippen LogP contribution in [0.1, 0.15) is 12.8 Å². The van der Waals surface area contributed by atoms with Gasteiger partial charge < -0.3 is 10.2 Å². The lowest BCUT2D eigenvalue weighted by Gasteiger charge is -2.14. The van der Waals surface area contributed by atoms with Gasteiger partial charge >= 0.3 is 5.97 Å². The molecule has 0 saturated heterocycles. The maximum Gasteiger partial charge on any atom is 0.306 e. The molecule has 0 aliphatic heterocycles. The molecule has 0 spiro atoms. The molecule has 60 valence electrons. The van der Waals surface area contributed by atoms with Gasteiger partial charge in [0.2, 0.25) is 0 Å². The van der Waals surface area contributed by atoms with E-state index >= 15 is 0 Å². The number of carboxylic acids is 1. The first-order valence-corrected chi connectivity index (χ1v) is 3.44. The second-order valence-corrected chi connectivity index (χ2v) is 3.54. The minimum atomic E-state index is -1.33. The number of hydrogen-bond donors (Lipinski definition) is 2. The van der Waals surface area contributed by atoms with E-state index in [9.17, 15) is 4.79 Å². The maximum absolute atomic E-state index is 10.0. The van der Waals surface area contributed by atoms with Crippen LogP contribution in [0, 0.1) is 0 Å². The van der Waals surface area contributed by atoms with Crippen LogP contribution in [-0.2, 0) is 4.79 Å². The van der Waals surface area contributed by atoms with Gasteiger partial charge in [0.25, 0.3) is 0 Å². The Hall–Kier alpha value is 0.01000. The summed E-state index contributed by atoms with van der Waals surface area (Å²) < 4.78 is -1.33. The number of carboxylic acid groups (broad SMARTS) is 1. The van der Waals surface area contributed by atoms with Gasteiger partial charge in [-0.1, -0.05) is 0 Å². The van der Waals surface area contributed by atoms with E-state index in [4.69, 9.17) is 33.4 Å². The monoisotopic (exact) mass is 186 g/mol. The molecule has 0 amide bonds. The number of halogens is 2. The quantitative estimate of drug-likeness (QED) is 0.646. The molecule has 0 fully saturated rings. The van der Waals surface area contributed by atoms with Gasteiger partial charge in [-0.3, -0.25) is 4.79 Å². The van der Waals surface area contributed by atoms with E-state index < -0.39 is 10.3 Å². The molecule has 5 heteroatoms. The maximum atomic E-state index is 10.0. The molecule has 0 rings (SSSR count). The van der Waals surface area contributed by atoms with E-state index in [-0.39, 0.29) is 19.4 Å². The minimum absolute atomic E-state index is 0.0718. The molecule has 0 atom stereocenters. The number of aliphatic hydroxyl groups excluding tert-OH is 1. The number of hydrogen-bond acceptors (Lipinski definition) is 2. The first-order chi connectivity index (χ1) is 4.48. The van der Waals surface area contributed by atoms with E-state index in [0.717, 1.165) is 0 Å². The molecule has 0 aliphatic rings. The Morgan fingerprint density at radius 1 is 1.50 bits per heavy atom. The largest absolute Gasteiger partial charge is 0.481 e. The molecule has 0 aromatic carbocycles. The van der Waals surface area contributed by atoms with Crippen molar-refractivity contribution in [2.45, 2.75) is 17.2 Å². The highest BCUT2D eigenvalue weighted by Crippen LogP contribution is 2.28. The van der Waals surface area contributed by atoms with Gasteiger partial charge in [0, 0.05) is 13.0 Å². The molecule has 0 heterocycles. The number of aliphatic carboxylic acids is 1. The van der Waals surface area contributed by atoms with Crippen molar-refractivity contribution in [3.05, 3.63) is 0 Å². The Labute approximate surface area is 68.6 Å². The van der Waals surface area contributed by atoms with Gasteiger partial charge in [0.1, 0.15) is 4.33 Å². The minimum Gasteiger partial charge on any atom is -0.481 e. The van der Waals surface area contributed by atoms with E-state index in [1.807, 2.05) is 0 Å². The Balaban J connectivity index is 3.74. The second-order valence-electron chi connectivity index (χ2n) is 1.90. The summed E-state index contributed by atoms with van der Waals surface area (Å²) in [5.41, 5.74) is 0. The van der Waals surface area contributed by atoms with E-state index in [1.54, 1.807) is 0 Å². The number of aliphatic hydroxyl groups is 1. The van der Waals surface area contributed by atoms with Crippen LogP contribution < -0.4 is 0 Å². The van der Waals surface area contributed by atoms with Crippen molar-refractivity contribution < 1.29 is 15.0 Å². The van der Waals surface area contributed by atoms with Gasteiger partial charge in [-0.15, -0.1) is 23.2 Å². The van der Waals surface area contributed by atoms with Crippen molar-refractivity contribution in [2.75, 3.05) is 6.61 Å². The molecule has 0 saturated carbocycles. The molecular formula is C5H8Cl2O3. The van der Waals surface area contributed by atoms with Crippen molar-refractivity contribution in [3.63, 3.8) is 0 Å². The van der Waals surface area contributed by atoms with Crippen LogP contribution in [0.3, 0.4) is 0 Å². The normalized spacial score (nSPS) is 11.5. The molecule has 10 heavy (non-hydrogen) atoms. The van der Waals surface area contributed by atoms with Crippen LogP contribution in [0.4, 0.5) is 0 Å². The summed E-state index contributed by atoms with van der Waals surface area (Å²) in [6.45, 7) is -0.208. The smallest absolute Gasteiger partial charge is 0.306 e. The molecule has 2 N–H and O–H groups in total. The van der Waals surface area contributed by atoms with Crippen LogP contribution in [0.2, 0.25) is 0 Å². The van der Waals surface area contributed by atoms with Crippen molar-refractivity contribution in [3.8, 4) is 0 Å². The Morgan fingerprint density at radius 3 is 2.30 bits per heavy atom. The molecule has 0 radical (unpaired) electrons. The predicted molar refractivity (Wildman–Crippen MR) is 38.4 cm³/mol. The molecular weight excluding hydrogens is 179 g/mol. The fourth-order valence-electron chi connectivity index (χ4n) is 0.473. The molecule has 0 unspecified atom stereocenters. The van der Waals surface area contributed by atoms with E-state index in [1.165, 1.54) is 0 Å². The topological polar surface area (TPSA) is 57.5 Å². The van der Waals surface area contributed by atoms with E-state index in [0.29, 0.717) is 0 Å². The van der Waals surface area contributed by atoms with Gasteiger partial charge in [-0.05, 0) is 0 Å². The van der Waals surface area contributed by atoms with Gasteiger partial charge in [0.05, 0.1) is 6.42 Å². The van der Waals surface area contributed by atoms with Crippen molar-refractivity contribution >= 4 is 29.2 Å². The number of alkyl halides is 2. The average molecular weight is 187 g/mol. The van der Waals surface area contributed by atoms with Crippen molar-refractivity contribution in [1.29, 1.82) is 0 Å². The van der Waals surface area contributed by atoms with Crippen LogP contribution in [-0.4, -0.2) is 27.1 Å². The van der Waals surface area contributed by atoms with Crippen LogP contribution in [0.5, 0.6) is 0 Å². The summed E-state index contributed by atoms with van der Waals surface area (Å²) in [6.07, 6.45) is -0.279. The summed E-state index contributed by atoms with van der Waals surface area (Å²) in [5.74, 6) is -1.07. The lowest BCUT2D eigenvalue weighted by molar-refractivity contribution is -0.137. The summed E-state index contributed by atoms with van der Waals surface area (Å²) in [7, 11) is 0. The third-order valence-corrected chi connectivity index (χ3v) is 1.53. The summed E-state index contributed by atoms with van der Waals surface area (Å²) in [5, 5.41) is 16.6. The summed E-state index contributed by atoms with van der Waals surface area (Å²) >= 11 is 10.9. The zero-order valence-corrected chi connectivity index (χ0v) is 6.69. The van der Waals surface area contributed by atoms with Crippen LogP contribution >= 0.6 is 23.2 Å². The number of rotatable bonds is 4. The van der Waals surface area contributed by atoms with Gasteiger partial charge in [-0.25, -0.2) is 0 Å². The zero-order valence-electron chi connectivity index (χ0n) is 5.18. The predicted octanol–water partition coefficient (Wildman–Crippen LogP) is 1.02. The molecule has 3 nitrogen and oxygen atoms in total. The third-order valence-electron chi connectivity index (χ3n) is 0.887. The Bertz CT molecular complexity index is 124. The highest BCUT2D eigenvalue weighted by Gasteiger charge is 2.26. The Kier molecular flexibility index (Phi) is 4.01. The lowest BCUT2D eigenvalue weighted by atomic mass is 10.2. The Morgan fingerprint density at radius 2 is 2.00 bits per heavy atom. The van der Waals surface area contributed by atoms with E-state index in [2.05, 4.69) is 0 Å². The van der Waals surface area contributed by atoms with Crippen molar-refractivity contribution in [1.82, 2.24) is 0 Å². The SMILES string of the molecule is O=C(O)CC(Cl)(Cl)CCO. The first kappa shape index (κ1) is 10.0. The van der Waals surface area contributed by atoms with Gasteiger partial charge in [-0.2, -0.15) is 0 Å². The lowest BCUT2D eigenvalue weighted by Crippen LogP contribution is -2.19. The fourth-order valence-corrected chi connectivity index (χ4v) is 0.871. The standard InChI is InChI=1S/C5H8Cl2O3/c6-5(7,1-2-8)3-4(9)10/h8H,1-3H2,(H,9,10). The molecule has 0 bridgehead atoms. The summed E-state index contributed by atoms with van der Waals surface area (Å²) in [6, 6.07) is 0. The third kappa shape index (κ3) is 4.85. The average Bonchev–Trinajstić information content (AvgIpc) is 1.59. The van der Waals surface area contributed by atoms with Gasteiger partial charge in [0.15, 0.2) is 0 Å². The van der Waals surface area contributed by atoms with Crippen LogP contribution in [0.15, 0.2) is 0 Å². The summed E-state index contributed by atoms with van der Waals surface area (Å²) in [4.78, 5) is 10.0.